The fourth-order valence-electron chi connectivity index (χ4n) is 1.06. The lowest BCUT2D eigenvalue weighted by Crippen LogP contribution is -2.43. The maximum absolute atomic E-state index is 3.65. The normalized spacial score (nSPS) is 14.8. The van der Waals surface area contributed by atoms with Crippen molar-refractivity contribution < 1.29 is 0 Å². The molecule has 0 fully saturated rings. The van der Waals surface area contributed by atoms with Gasteiger partial charge in [0.2, 0.25) is 0 Å². The maximum atomic E-state index is 3.65. The Morgan fingerprint density at radius 1 is 1.17 bits per heavy atom. The summed E-state index contributed by atoms with van der Waals surface area (Å²) in [6.07, 6.45) is 3.72. The van der Waals surface area contributed by atoms with Gasteiger partial charge in [0.05, 0.1) is 0 Å². The molecule has 0 amide bonds. The van der Waals surface area contributed by atoms with Crippen molar-refractivity contribution in [3.8, 4) is 0 Å². The average molecular weight is 171 g/mol. The molecule has 1 nitrogen and oxygen atoms in total. The summed E-state index contributed by atoms with van der Waals surface area (Å²) in [6, 6.07) is 0. The van der Waals surface area contributed by atoms with Crippen LogP contribution in [0, 0.1) is 5.92 Å². The zero-order valence-electron chi connectivity index (χ0n) is 9.41. The molecule has 1 heteroatoms. The van der Waals surface area contributed by atoms with Crippen LogP contribution in [0.15, 0.2) is 0 Å². The van der Waals surface area contributed by atoms with Crippen molar-refractivity contribution in [2.24, 2.45) is 5.92 Å². The van der Waals surface area contributed by atoms with Crippen molar-refractivity contribution in [1.29, 1.82) is 0 Å². The molecule has 0 aliphatic carbocycles. The molecule has 0 aromatic rings. The van der Waals surface area contributed by atoms with Crippen molar-refractivity contribution in [2.45, 2.75) is 59.4 Å². The molecule has 1 atom stereocenters. The summed E-state index contributed by atoms with van der Waals surface area (Å²) in [5, 5.41) is 3.65. The molecular formula is C11H25N. The molecule has 0 aromatic heterocycles. The molecular weight excluding hydrogens is 146 g/mol. The van der Waals surface area contributed by atoms with Crippen LogP contribution >= 0.6 is 0 Å². The molecule has 0 aliphatic heterocycles. The van der Waals surface area contributed by atoms with E-state index in [2.05, 4.69) is 39.9 Å². The largest absolute Gasteiger partial charge is 0.311 e. The number of rotatable bonds is 6. The average Bonchev–Trinajstić information content (AvgIpc) is 2.13. The molecule has 0 saturated heterocycles. The van der Waals surface area contributed by atoms with E-state index >= 15 is 0 Å². The van der Waals surface area contributed by atoms with Crippen LogP contribution in [0.3, 0.4) is 0 Å². The molecule has 0 saturated carbocycles. The third-order valence-corrected chi connectivity index (χ3v) is 3.13. The second kappa shape index (κ2) is 5.58. The van der Waals surface area contributed by atoms with Crippen LogP contribution in [0.2, 0.25) is 0 Å². The van der Waals surface area contributed by atoms with Crippen molar-refractivity contribution in [2.75, 3.05) is 6.54 Å². The molecule has 0 aromatic carbocycles. The standard InChI is InChI=1S/C11H25N/c1-6-10(4)9-12-11(5,7-2)8-3/h10,12H,6-9H2,1-5H3. The third-order valence-electron chi connectivity index (χ3n) is 3.13. The van der Waals surface area contributed by atoms with E-state index in [1.807, 2.05) is 0 Å². The zero-order valence-corrected chi connectivity index (χ0v) is 9.41. The highest BCUT2D eigenvalue weighted by Crippen LogP contribution is 2.14. The summed E-state index contributed by atoms with van der Waals surface area (Å²) in [5.74, 6) is 0.808. The molecule has 0 aliphatic rings. The predicted octanol–water partition coefficient (Wildman–Crippen LogP) is 3.20. The molecule has 74 valence electrons. The SMILES string of the molecule is CCC(C)CNC(C)(CC)CC. The van der Waals surface area contributed by atoms with Crippen molar-refractivity contribution in [3.63, 3.8) is 0 Å². The van der Waals surface area contributed by atoms with E-state index < -0.39 is 0 Å². The molecule has 0 heterocycles. The Labute approximate surface area is 77.9 Å². The Morgan fingerprint density at radius 2 is 1.67 bits per heavy atom. The number of hydrogen-bond donors (Lipinski definition) is 1. The van der Waals surface area contributed by atoms with Gasteiger partial charge in [-0.25, -0.2) is 0 Å². The van der Waals surface area contributed by atoms with Crippen LogP contribution in [0.5, 0.6) is 0 Å². The fraction of sp³-hybridized carbons (Fsp3) is 1.00. The Morgan fingerprint density at radius 3 is 2.00 bits per heavy atom. The maximum Gasteiger partial charge on any atom is 0.0148 e. The minimum Gasteiger partial charge on any atom is -0.311 e. The van der Waals surface area contributed by atoms with Crippen LogP contribution in [0.4, 0.5) is 0 Å². The van der Waals surface area contributed by atoms with E-state index in [-0.39, 0.29) is 0 Å². The first-order chi connectivity index (χ1) is 5.58. The summed E-state index contributed by atoms with van der Waals surface area (Å²) < 4.78 is 0. The first-order valence-electron chi connectivity index (χ1n) is 5.33. The molecule has 0 rings (SSSR count). The van der Waals surface area contributed by atoms with Gasteiger partial charge >= 0.3 is 0 Å². The third kappa shape index (κ3) is 4.10. The Bertz CT molecular complexity index is 106. The van der Waals surface area contributed by atoms with Gasteiger partial charge in [0.25, 0.3) is 0 Å². The molecule has 12 heavy (non-hydrogen) atoms. The first kappa shape index (κ1) is 12.0. The second-order valence-corrected chi connectivity index (χ2v) is 4.16. The highest BCUT2D eigenvalue weighted by atomic mass is 15.0. The van der Waals surface area contributed by atoms with Gasteiger partial charge in [-0.3, -0.25) is 0 Å². The number of hydrogen-bond acceptors (Lipinski definition) is 1. The van der Waals surface area contributed by atoms with E-state index in [0.29, 0.717) is 5.54 Å². The van der Waals surface area contributed by atoms with Crippen LogP contribution in [-0.4, -0.2) is 12.1 Å². The minimum absolute atomic E-state index is 0.365. The first-order valence-corrected chi connectivity index (χ1v) is 5.33. The van der Waals surface area contributed by atoms with Gasteiger partial charge in [-0.1, -0.05) is 34.1 Å². The Kier molecular flexibility index (Phi) is 5.56. The van der Waals surface area contributed by atoms with Crippen LogP contribution < -0.4 is 5.32 Å². The highest BCUT2D eigenvalue weighted by Gasteiger charge is 2.18. The Balaban J connectivity index is 3.72. The van der Waals surface area contributed by atoms with Gasteiger partial charge in [-0.2, -0.15) is 0 Å². The second-order valence-electron chi connectivity index (χ2n) is 4.16. The van der Waals surface area contributed by atoms with E-state index in [0.717, 1.165) is 12.5 Å². The lowest BCUT2D eigenvalue weighted by Gasteiger charge is -2.29. The fourth-order valence-corrected chi connectivity index (χ4v) is 1.06. The summed E-state index contributed by atoms with van der Waals surface area (Å²) in [4.78, 5) is 0. The summed E-state index contributed by atoms with van der Waals surface area (Å²) in [7, 11) is 0. The monoisotopic (exact) mass is 171 g/mol. The molecule has 0 bridgehead atoms. The lowest BCUT2D eigenvalue weighted by molar-refractivity contribution is 0.307. The summed E-state index contributed by atoms with van der Waals surface area (Å²) in [5.41, 5.74) is 0.365. The van der Waals surface area contributed by atoms with E-state index in [9.17, 15) is 0 Å². The predicted molar refractivity (Wildman–Crippen MR) is 56.4 cm³/mol. The lowest BCUT2D eigenvalue weighted by atomic mass is 9.94. The minimum atomic E-state index is 0.365. The highest BCUT2D eigenvalue weighted by molar-refractivity contribution is 4.79. The molecule has 0 spiro atoms. The van der Waals surface area contributed by atoms with Gasteiger partial charge < -0.3 is 5.32 Å². The van der Waals surface area contributed by atoms with Gasteiger partial charge in [-0.05, 0) is 32.2 Å². The quantitative estimate of drug-likeness (QED) is 0.647. The van der Waals surface area contributed by atoms with Crippen LogP contribution in [0.25, 0.3) is 0 Å². The van der Waals surface area contributed by atoms with Crippen LogP contribution in [-0.2, 0) is 0 Å². The van der Waals surface area contributed by atoms with E-state index in [1.165, 1.54) is 19.3 Å². The van der Waals surface area contributed by atoms with Crippen molar-refractivity contribution in [3.05, 3.63) is 0 Å². The molecule has 0 radical (unpaired) electrons. The molecule has 1 unspecified atom stereocenters. The number of nitrogens with one attached hydrogen (secondary N) is 1. The van der Waals surface area contributed by atoms with Gasteiger partial charge in [0, 0.05) is 5.54 Å². The molecule has 1 N–H and O–H groups in total. The van der Waals surface area contributed by atoms with Crippen molar-refractivity contribution in [1.82, 2.24) is 5.32 Å². The van der Waals surface area contributed by atoms with Gasteiger partial charge in [0.15, 0.2) is 0 Å². The van der Waals surface area contributed by atoms with Gasteiger partial charge in [0.1, 0.15) is 0 Å². The summed E-state index contributed by atoms with van der Waals surface area (Å²) >= 11 is 0. The zero-order chi connectivity index (χ0) is 9.61. The van der Waals surface area contributed by atoms with Crippen molar-refractivity contribution >= 4 is 0 Å². The smallest absolute Gasteiger partial charge is 0.0148 e. The summed E-state index contributed by atoms with van der Waals surface area (Å²) in [6.45, 7) is 12.5. The van der Waals surface area contributed by atoms with E-state index in [4.69, 9.17) is 0 Å². The van der Waals surface area contributed by atoms with Gasteiger partial charge in [-0.15, -0.1) is 0 Å². The Hall–Kier alpha value is -0.0400. The van der Waals surface area contributed by atoms with Crippen LogP contribution in [0.1, 0.15) is 53.9 Å². The van der Waals surface area contributed by atoms with E-state index in [1.54, 1.807) is 0 Å². The topological polar surface area (TPSA) is 12.0 Å².